The van der Waals surface area contributed by atoms with Crippen molar-refractivity contribution in [2.24, 2.45) is 11.7 Å². The number of rotatable bonds is 5. The predicted octanol–water partition coefficient (Wildman–Crippen LogP) is 1.74. The van der Waals surface area contributed by atoms with E-state index in [9.17, 15) is 8.42 Å². The summed E-state index contributed by atoms with van der Waals surface area (Å²) in [7, 11) is -3.46. The molecule has 0 spiro atoms. The summed E-state index contributed by atoms with van der Waals surface area (Å²) < 4.78 is 28.9. The molecular weight excluding hydrogens is 286 g/mol. The predicted molar refractivity (Wildman–Crippen MR) is 86.5 cm³/mol. The molecule has 0 aliphatic carbocycles. The molecule has 21 heavy (non-hydrogen) atoms. The molecule has 1 saturated heterocycles. The summed E-state index contributed by atoms with van der Waals surface area (Å²) in [5, 5.41) is 0. The van der Waals surface area contributed by atoms with Gasteiger partial charge >= 0.3 is 10.2 Å². The summed E-state index contributed by atoms with van der Waals surface area (Å²) in [5.74, 6) is 0.449. The number of anilines is 1. The Morgan fingerprint density at radius 3 is 2.43 bits per heavy atom. The lowest BCUT2D eigenvalue weighted by molar-refractivity contribution is 0.278. The normalized spacial score (nSPS) is 17.9. The van der Waals surface area contributed by atoms with Crippen LogP contribution in [0.1, 0.15) is 25.3 Å². The van der Waals surface area contributed by atoms with E-state index in [0.29, 0.717) is 32.1 Å². The van der Waals surface area contributed by atoms with Crippen molar-refractivity contribution in [1.82, 2.24) is 4.31 Å². The summed E-state index contributed by atoms with van der Waals surface area (Å²) in [4.78, 5) is 0. The maximum Gasteiger partial charge on any atom is 0.304 e. The van der Waals surface area contributed by atoms with Crippen LogP contribution in [0.25, 0.3) is 0 Å². The van der Waals surface area contributed by atoms with Crippen molar-refractivity contribution in [3.63, 3.8) is 0 Å². The zero-order valence-electron chi connectivity index (χ0n) is 12.8. The van der Waals surface area contributed by atoms with Crippen LogP contribution < -0.4 is 10.0 Å². The lowest BCUT2D eigenvalue weighted by atomic mass is 9.99. The van der Waals surface area contributed by atoms with Gasteiger partial charge in [-0.15, -0.1) is 0 Å². The standard InChI is InChI=1S/C15H25N3O2S/c1-3-18(15-7-5-4-6-13(15)2)21(19,20)17-10-8-14(12-16)9-11-17/h4-7,14H,3,8-12,16H2,1-2H3. The number of hydrogen-bond acceptors (Lipinski definition) is 3. The second-order valence-corrected chi connectivity index (χ2v) is 7.39. The molecule has 0 bridgehead atoms. The van der Waals surface area contributed by atoms with Crippen LogP contribution in [0.4, 0.5) is 5.69 Å². The molecule has 0 atom stereocenters. The summed E-state index contributed by atoms with van der Waals surface area (Å²) in [5.41, 5.74) is 7.41. The molecule has 2 rings (SSSR count). The Kier molecular flexibility index (Phi) is 5.24. The number of benzene rings is 1. The average Bonchev–Trinajstić information content (AvgIpc) is 2.50. The third kappa shape index (κ3) is 3.39. The highest BCUT2D eigenvalue weighted by molar-refractivity contribution is 7.90. The third-order valence-electron chi connectivity index (χ3n) is 4.18. The van der Waals surface area contributed by atoms with Crippen LogP contribution in [0.3, 0.4) is 0 Å². The first kappa shape index (κ1) is 16.3. The van der Waals surface area contributed by atoms with E-state index in [2.05, 4.69) is 0 Å². The second kappa shape index (κ2) is 6.77. The summed E-state index contributed by atoms with van der Waals surface area (Å²) >= 11 is 0. The fourth-order valence-corrected chi connectivity index (χ4v) is 4.55. The molecular formula is C15H25N3O2S. The molecule has 0 unspecified atom stereocenters. The van der Waals surface area contributed by atoms with Gasteiger partial charge in [0.2, 0.25) is 0 Å². The van der Waals surface area contributed by atoms with Gasteiger partial charge in [-0.1, -0.05) is 18.2 Å². The molecule has 118 valence electrons. The van der Waals surface area contributed by atoms with E-state index in [0.717, 1.165) is 24.1 Å². The molecule has 0 amide bonds. The van der Waals surface area contributed by atoms with E-state index in [4.69, 9.17) is 5.73 Å². The summed E-state index contributed by atoms with van der Waals surface area (Å²) in [6, 6.07) is 7.60. The molecule has 1 fully saturated rings. The van der Waals surface area contributed by atoms with Crippen LogP contribution >= 0.6 is 0 Å². The van der Waals surface area contributed by atoms with Gasteiger partial charge in [0.25, 0.3) is 0 Å². The van der Waals surface area contributed by atoms with Crippen molar-refractivity contribution >= 4 is 15.9 Å². The molecule has 0 radical (unpaired) electrons. The fraction of sp³-hybridized carbons (Fsp3) is 0.600. The Hall–Kier alpha value is -1.11. The van der Waals surface area contributed by atoms with Gasteiger partial charge in [-0.05, 0) is 50.8 Å². The first-order chi connectivity index (χ1) is 10.0. The van der Waals surface area contributed by atoms with Crippen molar-refractivity contribution in [1.29, 1.82) is 0 Å². The van der Waals surface area contributed by atoms with Crippen LogP contribution in [-0.4, -0.2) is 38.9 Å². The maximum absolute atomic E-state index is 12.9. The monoisotopic (exact) mass is 311 g/mol. The van der Waals surface area contributed by atoms with E-state index in [1.54, 1.807) is 4.31 Å². The first-order valence-electron chi connectivity index (χ1n) is 7.54. The summed E-state index contributed by atoms with van der Waals surface area (Å²) in [6.45, 7) is 6.01. The third-order valence-corrected chi connectivity index (χ3v) is 6.21. The van der Waals surface area contributed by atoms with E-state index in [-0.39, 0.29) is 0 Å². The van der Waals surface area contributed by atoms with Crippen LogP contribution in [0.2, 0.25) is 0 Å². The minimum absolute atomic E-state index is 0.435. The van der Waals surface area contributed by atoms with E-state index >= 15 is 0 Å². The number of aryl methyl sites for hydroxylation is 1. The number of nitrogens with zero attached hydrogens (tertiary/aromatic N) is 2. The van der Waals surface area contributed by atoms with Crippen LogP contribution in [-0.2, 0) is 10.2 Å². The number of piperidine rings is 1. The van der Waals surface area contributed by atoms with Crippen LogP contribution in [0.5, 0.6) is 0 Å². The highest BCUT2D eigenvalue weighted by atomic mass is 32.2. The topological polar surface area (TPSA) is 66.6 Å². The van der Waals surface area contributed by atoms with Gasteiger partial charge in [0, 0.05) is 19.6 Å². The average molecular weight is 311 g/mol. The Morgan fingerprint density at radius 1 is 1.29 bits per heavy atom. The second-order valence-electron chi connectivity index (χ2n) is 5.54. The molecule has 6 heteroatoms. The SMILES string of the molecule is CCN(c1ccccc1C)S(=O)(=O)N1CCC(CN)CC1. The first-order valence-corrected chi connectivity index (χ1v) is 8.94. The Morgan fingerprint density at radius 2 is 1.90 bits per heavy atom. The van der Waals surface area contributed by atoms with Crippen LogP contribution in [0.15, 0.2) is 24.3 Å². The molecule has 1 aromatic rings. The fourth-order valence-electron chi connectivity index (χ4n) is 2.82. The molecule has 5 nitrogen and oxygen atoms in total. The molecule has 0 saturated carbocycles. The minimum Gasteiger partial charge on any atom is -0.330 e. The number of para-hydroxylation sites is 1. The Labute approximate surface area is 127 Å². The van der Waals surface area contributed by atoms with Gasteiger partial charge in [-0.2, -0.15) is 12.7 Å². The molecule has 1 heterocycles. The van der Waals surface area contributed by atoms with E-state index in [1.165, 1.54) is 4.31 Å². The van der Waals surface area contributed by atoms with Crippen molar-refractivity contribution in [3.8, 4) is 0 Å². The van der Waals surface area contributed by atoms with Gasteiger partial charge in [-0.3, -0.25) is 4.31 Å². The summed E-state index contributed by atoms with van der Waals surface area (Å²) in [6.07, 6.45) is 1.70. The molecule has 0 aromatic heterocycles. The molecule has 2 N–H and O–H groups in total. The van der Waals surface area contributed by atoms with Gasteiger partial charge in [-0.25, -0.2) is 0 Å². The van der Waals surface area contributed by atoms with Crippen molar-refractivity contribution in [2.75, 3.05) is 30.5 Å². The minimum atomic E-state index is -3.46. The van der Waals surface area contributed by atoms with Gasteiger partial charge in [0.15, 0.2) is 0 Å². The zero-order chi connectivity index (χ0) is 15.5. The highest BCUT2D eigenvalue weighted by Gasteiger charge is 2.32. The number of nitrogens with two attached hydrogens (primary N) is 1. The van der Waals surface area contributed by atoms with Crippen molar-refractivity contribution < 1.29 is 8.42 Å². The van der Waals surface area contributed by atoms with Gasteiger partial charge in [0.1, 0.15) is 0 Å². The van der Waals surface area contributed by atoms with Crippen molar-refractivity contribution in [3.05, 3.63) is 29.8 Å². The molecule has 1 aliphatic rings. The van der Waals surface area contributed by atoms with Crippen LogP contribution in [0, 0.1) is 12.8 Å². The highest BCUT2D eigenvalue weighted by Crippen LogP contribution is 2.26. The maximum atomic E-state index is 12.9. The quantitative estimate of drug-likeness (QED) is 0.900. The van der Waals surface area contributed by atoms with E-state index in [1.807, 2.05) is 38.1 Å². The van der Waals surface area contributed by atoms with Crippen molar-refractivity contribution in [2.45, 2.75) is 26.7 Å². The Bertz CT molecular complexity index is 566. The molecule has 1 aliphatic heterocycles. The lowest BCUT2D eigenvalue weighted by Gasteiger charge is -2.35. The largest absolute Gasteiger partial charge is 0.330 e. The Balaban J connectivity index is 2.23. The molecule has 1 aromatic carbocycles. The smallest absolute Gasteiger partial charge is 0.304 e. The number of hydrogen-bond donors (Lipinski definition) is 1. The van der Waals surface area contributed by atoms with E-state index < -0.39 is 10.2 Å². The lowest BCUT2D eigenvalue weighted by Crippen LogP contribution is -2.48. The van der Waals surface area contributed by atoms with Gasteiger partial charge in [0.05, 0.1) is 5.69 Å². The van der Waals surface area contributed by atoms with Gasteiger partial charge < -0.3 is 5.73 Å². The zero-order valence-corrected chi connectivity index (χ0v) is 13.6.